The van der Waals surface area contributed by atoms with Crippen LogP contribution in [0.15, 0.2) is 64.0 Å². The molecule has 0 saturated heterocycles. The van der Waals surface area contributed by atoms with Crippen LogP contribution in [0.4, 0.5) is 0 Å². The van der Waals surface area contributed by atoms with Crippen molar-refractivity contribution in [3.05, 3.63) is 77.5 Å². The minimum absolute atomic E-state index is 0. The molecule has 0 bridgehead atoms. The van der Waals surface area contributed by atoms with Gasteiger partial charge in [-0.3, -0.25) is 0 Å². The summed E-state index contributed by atoms with van der Waals surface area (Å²) in [5.41, 5.74) is 1.91. The molecular weight excluding hydrogens is 479 g/mol. The van der Waals surface area contributed by atoms with Crippen molar-refractivity contribution in [3.63, 3.8) is 0 Å². The highest BCUT2D eigenvalue weighted by atomic mass is 127. The quantitative estimate of drug-likeness (QED) is 0.270. The molecule has 0 fully saturated rings. The number of benzene rings is 2. The zero-order chi connectivity index (χ0) is 19.8. The average molecular weight is 506 g/mol. The lowest BCUT2D eigenvalue weighted by atomic mass is 10.2. The smallest absolute Gasteiger partial charge is 0.214 e. The SMILES string of the molecule is CCNC(=NCc1ccccc1Oc1ccccc1)NCc1nc(C)c(C)o1.I. The van der Waals surface area contributed by atoms with Gasteiger partial charge in [0.1, 0.15) is 17.3 Å². The van der Waals surface area contributed by atoms with Crippen molar-refractivity contribution in [3.8, 4) is 11.5 Å². The van der Waals surface area contributed by atoms with Gasteiger partial charge in [-0.1, -0.05) is 36.4 Å². The zero-order valence-electron chi connectivity index (χ0n) is 16.9. The van der Waals surface area contributed by atoms with E-state index in [0.29, 0.717) is 24.9 Å². The predicted molar refractivity (Wildman–Crippen MR) is 126 cm³/mol. The maximum absolute atomic E-state index is 6.01. The summed E-state index contributed by atoms with van der Waals surface area (Å²) in [6.07, 6.45) is 0. The van der Waals surface area contributed by atoms with Crippen LogP contribution in [0.1, 0.15) is 29.8 Å². The lowest BCUT2D eigenvalue weighted by Gasteiger charge is -2.12. The summed E-state index contributed by atoms with van der Waals surface area (Å²) in [7, 11) is 0. The molecule has 0 unspecified atom stereocenters. The fourth-order valence-corrected chi connectivity index (χ4v) is 2.63. The molecule has 3 aromatic rings. The van der Waals surface area contributed by atoms with E-state index in [1.54, 1.807) is 0 Å². The summed E-state index contributed by atoms with van der Waals surface area (Å²) in [5.74, 6) is 3.79. The molecule has 0 spiro atoms. The van der Waals surface area contributed by atoms with Gasteiger partial charge in [0, 0.05) is 12.1 Å². The standard InChI is InChI=1S/C22H26N4O2.HI/c1-4-23-22(25-15-21-26-16(2)17(3)27-21)24-14-18-10-8-9-13-20(18)28-19-11-6-5-7-12-19;/h5-13H,4,14-15H2,1-3H3,(H2,23,24,25);1H. The molecule has 7 heteroatoms. The van der Waals surface area contributed by atoms with E-state index >= 15 is 0 Å². The van der Waals surface area contributed by atoms with Crippen molar-refractivity contribution in [2.75, 3.05) is 6.54 Å². The molecule has 0 amide bonds. The van der Waals surface area contributed by atoms with Crippen LogP contribution in [0.25, 0.3) is 0 Å². The topological polar surface area (TPSA) is 71.7 Å². The van der Waals surface area contributed by atoms with Gasteiger partial charge in [-0.25, -0.2) is 9.98 Å². The number of halogens is 1. The summed E-state index contributed by atoms with van der Waals surface area (Å²) in [6.45, 7) is 7.60. The van der Waals surface area contributed by atoms with Gasteiger partial charge in [-0.05, 0) is 39.0 Å². The molecule has 2 aromatic carbocycles. The van der Waals surface area contributed by atoms with E-state index in [-0.39, 0.29) is 24.0 Å². The molecule has 1 heterocycles. The number of hydrogen-bond acceptors (Lipinski definition) is 4. The molecule has 3 rings (SSSR count). The molecule has 1 aromatic heterocycles. The lowest BCUT2D eigenvalue weighted by molar-refractivity contribution is 0.463. The Kier molecular flexibility index (Phi) is 8.98. The van der Waals surface area contributed by atoms with Crippen molar-refractivity contribution in [1.29, 1.82) is 0 Å². The zero-order valence-corrected chi connectivity index (χ0v) is 19.3. The van der Waals surface area contributed by atoms with E-state index in [0.717, 1.165) is 35.1 Å². The van der Waals surface area contributed by atoms with Crippen LogP contribution < -0.4 is 15.4 Å². The third-order valence-corrected chi connectivity index (χ3v) is 4.18. The maximum Gasteiger partial charge on any atom is 0.214 e. The van der Waals surface area contributed by atoms with Crippen LogP contribution in [0.5, 0.6) is 11.5 Å². The Bertz CT molecular complexity index is 906. The Hall–Kier alpha value is -2.55. The first kappa shape index (κ1) is 22.7. The number of nitrogens with one attached hydrogen (secondary N) is 2. The van der Waals surface area contributed by atoms with Crippen molar-refractivity contribution in [2.45, 2.75) is 33.9 Å². The molecule has 0 atom stereocenters. The Morgan fingerprint density at radius 3 is 2.45 bits per heavy atom. The summed E-state index contributed by atoms with van der Waals surface area (Å²) >= 11 is 0. The minimum atomic E-state index is 0. The molecule has 0 aliphatic heterocycles. The van der Waals surface area contributed by atoms with Crippen LogP contribution in [0.3, 0.4) is 0 Å². The number of aromatic nitrogens is 1. The van der Waals surface area contributed by atoms with Gasteiger partial charge in [0.2, 0.25) is 5.89 Å². The van der Waals surface area contributed by atoms with Crippen LogP contribution in [0.2, 0.25) is 0 Å². The van der Waals surface area contributed by atoms with Gasteiger partial charge in [0.05, 0.1) is 18.8 Å². The molecular formula is C22H27IN4O2. The van der Waals surface area contributed by atoms with E-state index in [1.165, 1.54) is 0 Å². The number of hydrogen-bond donors (Lipinski definition) is 2. The second-order valence-electron chi connectivity index (χ2n) is 6.32. The molecule has 6 nitrogen and oxygen atoms in total. The highest BCUT2D eigenvalue weighted by Gasteiger charge is 2.08. The Labute approximate surface area is 188 Å². The van der Waals surface area contributed by atoms with Crippen molar-refractivity contribution < 1.29 is 9.15 Å². The first-order chi connectivity index (χ1) is 13.7. The minimum Gasteiger partial charge on any atom is -0.457 e. The number of aryl methyl sites for hydroxylation is 2. The molecule has 0 aliphatic carbocycles. The molecule has 29 heavy (non-hydrogen) atoms. The number of rotatable bonds is 7. The number of nitrogens with zero attached hydrogens (tertiary/aromatic N) is 2. The van der Waals surface area contributed by atoms with E-state index in [2.05, 4.69) is 20.6 Å². The fraction of sp³-hybridized carbons (Fsp3) is 0.273. The van der Waals surface area contributed by atoms with Crippen LogP contribution in [-0.2, 0) is 13.1 Å². The highest BCUT2D eigenvalue weighted by Crippen LogP contribution is 2.25. The van der Waals surface area contributed by atoms with Crippen LogP contribution in [-0.4, -0.2) is 17.5 Å². The van der Waals surface area contributed by atoms with Gasteiger partial charge in [-0.15, -0.1) is 24.0 Å². The van der Waals surface area contributed by atoms with E-state index in [1.807, 2.05) is 75.4 Å². The van der Waals surface area contributed by atoms with Gasteiger partial charge in [0.15, 0.2) is 5.96 Å². The monoisotopic (exact) mass is 506 g/mol. The van der Waals surface area contributed by atoms with Gasteiger partial charge < -0.3 is 19.8 Å². The third-order valence-electron chi connectivity index (χ3n) is 4.18. The average Bonchev–Trinajstić information content (AvgIpc) is 3.03. The lowest BCUT2D eigenvalue weighted by Crippen LogP contribution is -2.36. The molecule has 154 valence electrons. The van der Waals surface area contributed by atoms with E-state index in [9.17, 15) is 0 Å². The second-order valence-corrected chi connectivity index (χ2v) is 6.32. The maximum atomic E-state index is 6.01. The van der Waals surface area contributed by atoms with Crippen LogP contribution in [0, 0.1) is 13.8 Å². The first-order valence-electron chi connectivity index (χ1n) is 9.41. The first-order valence-corrected chi connectivity index (χ1v) is 9.41. The number of oxazole rings is 1. The second kappa shape index (κ2) is 11.5. The molecule has 2 N–H and O–H groups in total. The number of ether oxygens (including phenoxy) is 1. The molecule has 0 aliphatic rings. The molecule has 0 saturated carbocycles. The van der Waals surface area contributed by atoms with Gasteiger partial charge in [-0.2, -0.15) is 0 Å². The van der Waals surface area contributed by atoms with Crippen molar-refractivity contribution in [2.24, 2.45) is 4.99 Å². The summed E-state index contributed by atoms with van der Waals surface area (Å²) in [5, 5.41) is 6.50. The summed E-state index contributed by atoms with van der Waals surface area (Å²) < 4.78 is 11.6. The number of para-hydroxylation sites is 2. The number of guanidine groups is 1. The summed E-state index contributed by atoms with van der Waals surface area (Å²) in [4.78, 5) is 9.06. The predicted octanol–water partition coefficient (Wildman–Crippen LogP) is 4.96. The fourth-order valence-electron chi connectivity index (χ4n) is 2.63. The van der Waals surface area contributed by atoms with E-state index in [4.69, 9.17) is 9.15 Å². The van der Waals surface area contributed by atoms with Gasteiger partial charge in [0.25, 0.3) is 0 Å². The van der Waals surface area contributed by atoms with Crippen LogP contribution >= 0.6 is 24.0 Å². The Morgan fingerprint density at radius 1 is 1.03 bits per heavy atom. The van der Waals surface area contributed by atoms with Crippen molar-refractivity contribution in [1.82, 2.24) is 15.6 Å². The molecule has 0 radical (unpaired) electrons. The normalized spacial score (nSPS) is 10.9. The highest BCUT2D eigenvalue weighted by molar-refractivity contribution is 14.0. The Morgan fingerprint density at radius 2 is 1.76 bits per heavy atom. The Balaban J connectivity index is 0.00000300. The van der Waals surface area contributed by atoms with Gasteiger partial charge >= 0.3 is 0 Å². The summed E-state index contributed by atoms with van der Waals surface area (Å²) in [6, 6.07) is 17.7. The third kappa shape index (κ3) is 6.77. The number of aliphatic imine (C=N–C) groups is 1. The van der Waals surface area contributed by atoms with E-state index < -0.39 is 0 Å². The largest absolute Gasteiger partial charge is 0.457 e. The van der Waals surface area contributed by atoms with Crippen molar-refractivity contribution >= 4 is 29.9 Å².